The van der Waals surface area contributed by atoms with Gasteiger partial charge in [0.25, 0.3) is 0 Å². The van der Waals surface area contributed by atoms with Crippen molar-refractivity contribution in [2.45, 2.75) is 0 Å². The molecule has 2 aromatic rings. The molecule has 2 nitrogen and oxygen atoms in total. The maximum absolute atomic E-state index is 13.6. The normalized spacial score (nSPS) is 10.2. The lowest BCUT2D eigenvalue weighted by molar-refractivity contribution is 0.585. The minimum absolute atomic E-state index is 0.0518. The number of nitrogens with one attached hydrogen (secondary N) is 2. The Morgan fingerprint density at radius 1 is 1.15 bits per heavy atom. The Morgan fingerprint density at radius 2 is 1.85 bits per heavy atom. The van der Waals surface area contributed by atoms with Crippen LogP contribution in [-0.2, 0) is 0 Å². The molecule has 2 aromatic carbocycles. The van der Waals surface area contributed by atoms with Crippen molar-refractivity contribution >= 4 is 56.2 Å². The zero-order valence-corrected chi connectivity index (χ0v) is 13.0. The summed E-state index contributed by atoms with van der Waals surface area (Å²) < 4.78 is 26.9. The molecule has 0 saturated carbocycles. The summed E-state index contributed by atoms with van der Waals surface area (Å²) in [6, 6.07) is 8.90. The van der Waals surface area contributed by atoms with E-state index in [0.29, 0.717) is 10.7 Å². The lowest BCUT2D eigenvalue weighted by Gasteiger charge is -2.13. The largest absolute Gasteiger partial charge is 0.331 e. The van der Waals surface area contributed by atoms with Crippen molar-refractivity contribution in [3.63, 3.8) is 0 Å². The minimum Gasteiger partial charge on any atom is -0.331 e. The fraction of sp³-hybridized carbons (Fsp3) is 0. The highest BCUT2D eigenvalue weighted by Crippen LogP contribution is 2.27. The minimum atomic E-state index is -0.750. The van der Waals surface area contributed by atoms with E-state index in [4.69, 9.17) is 23.8 Å². The van der Waals surface area contributed by atoms with Gasteiger partial charge in [0.05, 0.1) is 16.4 Å². The molecule has 0 aliphatic rings. The SMILES string of the molecule is Fc1cc(F)c(NC(=S)Nc2ccccc2Cl)c(Br)c1. The number of thiocarbonyl (C=S) groups is 1. The number of hydrogen-bond donors (Lipinski definition) is 2. The van der Waals surface area contributed by atoms with Crippen LogP contribution in [0.25, 0.3) is 0 Å². The first kappa shape index (κ1) is 15.2. The maximum Gasteiger partial charge on any atom is 0.175 e. The van der Waals surface area contributed by atoms with Gasteiger partial charge in [0.2, 0.25) is 0 Å². The molecule has 0 unspecified atom stereocenters. The van der Waals surface area contributed by atoms with Crippen molar-refractivity contribution in [3.05, 3.63) is 57.5 Å². The first-order valence-electron chi connectivity index (χ1n) is 5.44. The number of hydrogen-bond acceptors (Lipinski definition) is 1. The number of benzene rings is 2. The van der Waals surface area contributed by atoms with Crippen LogP contribution >= 0.6 is 39.7 Å². The van der Waals surface area contributed by atoms with Crippen LogP contribution in [0, 0.1) is 11.6 Å². The standard InChI is InChI=1S/C13H8BrClF2N2S/c14-8-5-7(16)6-10(17)12(8)19-13(20)18-11-4-2-1-3-9(11)15/h1-6H,(H2,18,19,20). The molecule has 0 saturated heterocycles. The van der Waals surface area contributed by atoms with Gasteiger partial charge in [-0.3, -0.25) is 0 Å². The average molecular weight is 378 g/mol. The first-order valence-corrected chi connectivity index (χ1v) is 7.02. The summed E-state index contributed by atoms with van der Waals surface area (Å²) in [6.45, 7) is 0. The highest BCUT2D eigenvalue weighted by Gasteiger charge is 2.11. The third-order valence-corrected chi connectivity index (χ3v) is 3.53. The lowest BCUT2D eigenvalue weighted by Crippen LogP contribution is -2.20. The van der Waals surface area contributed by atoms with Crippen LogP contribution in [0.3, 0.4) is 0 Å². The summed E-state index contributed by atoms with van der Waals surface area (Å²) in [5, 5.41) is 6.11. The molecule has 0 bridgehead atoms. The van der Waals surface area contributed by atoms with Gasteiger partial charge in [-0.25, -0.2) is 8.78 Å². The zero-order valence-electron chi connectivity index (χ0n) is 9.88. The van der Waals surface area contributed by atoms with Gasteiger partial charge in [-0.2, -0.15) is 0 Å². The van der Waals surface area contributed by atoms with Gasteiger partial charge in [-0.05, 0) is 46.3 Å². The average Bonchev–Trinajstić information content (AvgIpc) is 2.36. The van der Waals surface area contributed by atoms with Crippen LogP contribution in [0.2, 0.25) is 5.02 Å². The topological polar surface area (TPSA) is 24.1 Å². The van der Waals surface area contributed by atoms with E-state index >= 15 is 0 Å². The monoisotopic (exact) mass is 376 g/mol. The summed E-state index contributed by atoms with van der Waals surface area (Å²) in [6.07, 6.45) is 0. The smallest absolute Gasteiger partial charge is 0.175 e. The molecule has 20 heavy (non-hydrogen) atoms. The summed E-state index contributed by atoms with van der Waals surface area (Å²) in [7, 11) is 0. The molecule has 7 heteroatoms. The fourth-order valence-corrected chi connectivity index (χ4v) is 2.39. The Balaban J connectivity index is 2.15. The molecule has 2 N–H and O–H groups in total. The molecule has 0 aliphatic heterocycles. The second-order valence-corrected chi connectivity index (χ2v) is 5.47. The first-order chi connectivity index (χ1) is 9.47. The quantitative estimate of drug-likeness (QED) is 0.704. The zero-order chi connectivity index (χ0) is 14.7. The van der Waals surface area contributed by atoms with E-state index in [-0.39, 0.29) is 15.3 Å². The van der Waals surface area contributed by atoms with Crippen molar-refractivity contribution in [1.82, 2.24) is 0 Å². The second kappa shape index (κ2) is 6.47. The molecule has 0 heterocycles. The Bertz CT molecular complexity index is 644. The molecule has 2 rings (SSSR count). The van der Waals surface area contributed by atoms with Crippen molar-refractivity contribution in [3.8, 4) is 0 Å². The summed E-state index contributed by atoms with van der Waals surface area (Å²) in [4.78, 5) is 0. The van der Waals surface area contributed by atoms with Crippen LogP contribution in [-0.4, -0.2) is 5.11 Å². The van der Waals surface area contributed by atoms with Crippen molar-refractivity contribution in [1.29, 1.82) is 0 Å². The van der Waals surface area contributed by atoms with Crippen LogP contribution < -0.4 is 10.6 Å². The van der Waals surface area contributed by atoms with E-state index in [1.165, 1.54) is 0 Å². The van der Waals surface area contributed by atoms with Gasteiger partial charge in [0.15, 0.2) is 10.9 Å². The third-order valence-electron chi connectivity index (χ3n) is 2.37. The van der Waals surface area contributed by atoms with Gasteiger partial charge in [0, 0.05) is 10.5 Å². The number of rotatable bonds is 2. The van der Waals surface area contributed by atoms with Crippen LogP contribution in [0.5, 0.6) is 0 Å². The summed E-state index contributed by atoms with van der Waals surface area (Å²) in [5.41, 5.74) is 0.640. The van der Waals surface area contributed by atoms with E-state index in [1.807, 2.05) is 0 Å². The molecule has 104 valence electrons. The molecule has 0 aromatic heterocycles. The van der Waals surface area contributed by atoms with E-state index in [1.54, 1.807) is 24.3 Å². The summed E-state index contributed by atoms with van der Waals surface area (Å²) in [5.74, 6) is -1.43. The Kier molecular flexibility index (Phi) is 4.91. The molecule has 0 atom stereocenters. The van der Waals surface area contributed by atoms with Gasteiger partial charge in [-0.15, -0.1) is 0 Å². The predicted molar refractivity (Wildman–Crippen MR) is 85.4 cm³/mol. The van der Waals surface area contributed by atoms with Gasteiger partial charge in [-0.1, -0.05) is 23.7 Å². The maximum atomic E-state index is 13.6. The number of anilines is 2. The Labute approximate surface area is 133 Å². The van der Waals surface area contributed by atoms with Crippen molar-refractivity contribution in [2.24, 2.45) is 0 Å². The van der Waals surface area contributed by atoms with Crippen LogP contribution in [0.4, 0.5) is 20.2 Å². The van der Waals surface area contributed by atoms with Crippen molar-refractivity contribution < 1.29 is 8.78 Å². The molecule has 0 amide bonds. The van der Waals surface area contributed by atoms with Gasteiger partial charge >= 0.3 is 0 Å². The van der Waals surface area contributed by atoms with E-state index in [0.717, 1.165) is 12.1 Å². The highest BCUT2D eigenvalue weighted by molar-refractivity contribution is 9.10. The Morgan fingerprint density at radius 3 is 2.50 bits per heavy atom. The molecular formula is C13H8BrClF2N2S. The van der Waals surface area contributed by atoms with Gasteiger partial charge < -0.3 is 10.6 Å². The fourth-order valence-electron chi connectivity index (χ4n) is 1.49. The van der Waals surface area contributed by atoms with Crippen LogP contribution in [0.15, 0.2) is 40.9 Å². The Hall–Kier alpha value is -1.24. The molecular weight excluding hydrogens is 370 g/mol. The molecule has 0 radical (unpaired) electrons. The van der Waals surface area contributed by atoms with E-state index in [9.17, 15) is 8.78 Å². The summed E-state index contributed by atoms with van der Waals surface area (Å²) >= 11 is 14.1. The second-order valence-electron chi connectivity index (χ2n) is 3.80. The lowest BCUT2D eigenvalue weighted by atomic mass is 10.3. The number of halogens is 4. The molecule has 0 fully saturated rings. The number of para-hydroxylation sites is 1. The predicted octanol–water partition coefficient (Wildman–Crippen LogP) is 5.19. The van der Waals surface area contributed by atoms with E-state index in [2.05, 4.69) is 26.6 Å². The van der Waals surface area contributed by atoms with Gasteiger partial charge in [0.1, 0.15) is 5.82 Å². The van der Waals surface area contributed by atoms with Crippen molar-refractivity contribution in [2.75, 3.05) is 10.6 Å². The molecule has 0 aliphatic carbocycles. The molecule has 0 spiro atoms. The third kappa shape index (κ3) is 3.65. The highest BCUT2D eigenvalue weighted by atomic mass is 79.9. The van der Waals surface area contributed by atoms with E-state index < -0.39 is 11.6 Å². The van der Waals surface area contributed by atoms with Crippen LogP contribution in [0.1, 0.15) is 0 Å².